The number of hydrogen-bond acceptors (Lipinski definition) is 3. The van der Waals surface area contributed by atoms with Crippen molar-refractivity contribution >= 4 is 0 Å². The minimum Gasteiger partial charge on any atom is -0.489 e. The number of rotatable bonds is 6. The van der Waals surface area contributed by atoms with Crippen LogP contribution in [0, 0.1) is 0 Å². The molecule has 0 amide bonds. The van der Waals surface area contributed by atoms with E-state index in [4.69, 9.17) is 16.2 Å². The van der Waals surface area contributed by atoms with Gasteiger partial charge in [-0.25, -0.2) is 0 Å². The third kappa shape index (κ3) is 3.81. The third-order valence-corrected chi connectivity index (χ3v) is 3.17. The Hall–Kier alpha value is -1.84. The molecular weight excluding hydrogens is 236 g/mol. The molecule has 0 aromatic heterocycles. The molecule has 0 spiro atoms. The average molecular weight is 256 g/mol. The first-order chi connectivity index (χ1) is 9.33. The zero-order valence-electron chi connectivity index (χ0n) is 11.0. The highest BCUT2D eigenvalue weighted by Crippen LogP contribution is 2.19. The van der Waals surface area contributed by atoms with E-state index in [0.29, 0.717) is 19.7 Å². The highest BCUT2D eigenvalue weighted by Gasteiger charge is 2.07. The molecule has 2 aromatic rings. The average Bonchev–Trinajstić information content (AvgIpc) is 2.49. The van der Waals surface area contributed by atoms with Gasteiger partial charge in [-0.2, -0.15) is 0 Å². The number of hydrogen-bond donors (Lipinski definition) is 2. The summed E-state index contributed by atoms with van der Waals surface area (Å²) in [5, 5.41) is 0. The van der Waals surface area contributed by atoms with Crippen LogP contribution in [0.15, 0.2) is 54.6 Å². The van der Waals surface area contributed by atoms with Crippen LogP contribution in [-0.2, 0) is 6.61 Å². The van der Waals surface area contributed by atoms with Crippen molar-refractivity contribution in [2.24, 2.45) is 11.5 Å². The highest BCUT2D eigenvalue weighted by molar-refractivity contribution is 5.30. The van der Waals surface area contributed by atoms with Crippen LogP contribution in [0.25, 0.3) is 0 Å². The van der Waals surface area contributed by atoms with Crippen LogP contribution in [-0.4, -0.2) is 13.1 Å². The molecule has 2 aromatic carbocycles. The van der Waals surface area contributed by atoms with Crippen LogP contribution < -0.4 is 16.2 Å². The first-order valence-corrected chi connectivity index (χ1v) is 6.50. The number of ether oxygens (including phenoxy) is 1. The van der Waals surface area contributed by atoms with Gasteiger partial charge in [0.1, 0.15) is 12.4 Å². The van der Waals surface area contributed by atoms with E-state index in [2.05, 4.69) is 0 Å². The molecular formula is C16H20N2O. The molecule has 19 heavy (non-hydrogen) atoms. The van der Waals surface area contributed by atoms with E-state index in [1.54, 1.807) is 0 Å². The van der Waals surface area contributed by atoms with Gasteiger partial charge in [0, 0.05) is 19.0 Å². The Morgan fingerprint density at radius 1 is 0.842 bits per heavy atom. The van der Waals surface area contributed by atoms with Crippen molar-refractivity contribution in [1.29, 1.82) is 0 Å². The maximum absolute atomic E-state index is 5.73. The summed E-state index contributed by atoms with van der Waals surface area (Å²) in [5.74, 6) is 1.09. The molecule has 0 aliphatic rings. The van der Waals surface area contributed by atoms with Gasteiger partial charge in [0.15, 0.2) is 0 Å². The summed E-state index contributed by atoms with van der Waals surface area (Å²) in [4.78, 5) is 0. The molecule has 0 aliphatic carbocycles. The normalized spacial score (nSPS) is 10.7. The predicted octanol–water partition coefficient (Wildman–Crippen LogP) is 2.27. The van der Waals surface area contributed by atoms with Crippen LogP contribution in [0.2, 0.25) is 0 Å². The summed E-state index contributed by atoms with van der Waals surface area (Å²) in [6, 6.07) is 18.1. The Balaban J connectivity index is 1.95. The van der Waals surface area contributed by atoms with E-state index in [1.165, 1.54) is 0 Å². The fourth-order valence-corrected chi connectivity index (χ4v) is 1.95. The first kappa shape index (κ1) is 13.6. The van der Waals surface area contributed by atoms with Gasteiger partial charge in [0.2, 0.25) is 0 Å². The topological polar surface area (TPSA) is 61.3 Å². The van der Waals surface area contributed by atoms with Gasteiger partial charge in [-0.3, -0.25) is 0 Å². The van der Waals surface area contributed by atoms with Gasteiger partial charge in [0.25, 0.3) is 0 Å². The second-order valence-electron chi connectivity index (χ2n) is 4.51. The van der Waals surface area contributed by atoms with E-state index < -0.39 is 0 Å². The molecule has 0 fully saturated rings. The maximum Gasteiger partial charge on any atom is 0.119 e. The van der Waals surface area contributed by atoms with Crippen LogP contribution in [0.4, 0.5) is 0 Å². The molecule has 0 saturated carbocycles. The Labute approximate surface area is 114 Å². The smallest absolute Gasteiger partial charge is 0.119 e. The minimum atomic E-state index is 0.225. The van der Waals surface area contributed by atoms with E-state index in [1.807, 2.05) is 54.6 Å². The van der Waals surface area contributed by atoms with Gasteiger partial charge in [-0.05, 0) is 23.3 Å². The summed E-state index contributed by atoms with van der Waals surface area (Å²) < 4.78 is 5.73. The molecule has 2 rings (SSSR count). The molecule has 0 bridgehead atoms. The van der Waals surface area contributed by atoms with Crippen molar-refractivity contribution in [3.63, 3.8) is 0 Å². The molecule has 3 nitrogen and oxygen atoms in total. The van der Waals surface area contributed by atoms with Gasteiger partial charge >= 0.3 is 0 Å². The lowest BCUT2D eigenvalue weighted by Crippen LogP contribution is -2.21. The summed E-state index contributed by atoms with van der Waals surface area (Å²) in [7, 11) is 0. The molecule has 0 atom stereocenters. The third-order valence-electron chi connectivity index (χ3n) is 3.17. The Bertz CT molecular complexity index is 478. The van der Waals surface area contributed by atoms with E-state index >= 15 is 0 Å². The standard InChI is InChI=1S/C16H20N2O/c17-10-15(11-18)14-6-8-16(9-7-14)19-12-13-4-2-1-3-5-13/h1-9,15H,10-12,17-18H2. The maximum atomic E-state index is 5.73. The van der Waals surface area contributed by atoms with E-state index in [9.17, 15) is 0 Å². The van der Waals surface area contributed by atoms with Crippen LogP contribution in [0.1, 0.15) is 17.0 Å². The van der Waals surface area contributed by atoms with Crippen molar-refractivity contribution in [2.45, 2.75) is 12.5 Å². The first-order valence-electron chi connectivity index (χ1n) is 6.50. The Morgan fingerprint density at radius 2 is 1.47 bits per heavy atom. The van der Waals surface area contributed by atoms with Gasteiger partial charge in [-0.15, -0.1) is 0 Å². The van der Waals surface area contributed by atoms with Crippen molar-refractivity contribution < 1.29 is 4.74 Å². The largest absolute Gasteiger partial charge is 0.489 e. The lowest BCUT2D eigenvalue weighted by molar-refractivity contribution is 0.306. The molecule has 100 valence electrons. The molecule has 3 heteroatoms. The monoisotopic (exact) mass is 256 g/mol. The van der Waals surface area contributed by atoms with E-state index in [0.717, 1.165) is 16.9 Å². The summed E-state index contributed by atoms with van der Waals surface area (Å²) in [6.07, 6.45) is 0. The summed E-state index contributed by atoms with van der Waals surface area (Å²) in [6.45, 7) is 1.72. The van der Waals surface area contributed by atoms with Gasteiger partial charge < -0.3 is 16.2 Å². The molecule has 4 N–H and O–H groups in total. The van der Waals surface area contributed by atoms with Crippen molar-refractivity contribution in [3.05, 3.63) is 65.7 Å². The zero-order valence-corrected chi connectivity index (χ0v) is 11.0. The fraction of sp³-hybridized carbons (Fsp3) is 0.250. The summed E-state index contributed by atoms with van der Waals surface area (Å²) >= 11 is 0. The Kier molecular flexibility index (Phi) is 4.95. The van der Waals surface area contributed by atoms with Gasteiger partial charge in [0.05, 0.1) is 0 Å². The number of benzene rings is 2. The van der Waals surface area contributed by atoms with Crippen LogP contribution >= 0.6 is 0 Å². The van der Waals surface area contributed by atoms with Crippen molar-refractivity contribution in [1.82, 2.24) is 0 Å². The van der Waals surface area contributed by atoms with Crippen molar-refractivity contribution in [2.75, 3.05) is 13.1 Å². The molecule has 0 radical (unpaired) electrons. The summed E-state index contributed by atoms with van der Waals surface area (Å²) in [5.41, 5.74) is 13.7. The lowest BCUT2D eigenvalue weighted by atomic mass is 9.99. The van der Waals surface area contributed by atoms with Crippen molar-refractivity contribution in [3.8, 4) is 5.75 Å². The number of nitrogens with two attached hydrogens (primary N) is 2. The fourth-order valence-electron chi connectivity index (χ4n) is 1.95. The minimum absolute atomic E-state index is 0.225. The van der Waals surface area contributed by atoms with E-state index in [-0.39, 0.29) is 5.92 Å². The van der Waals surface area contributed by atoms with Gasteiger partial charge in [-0.1, -0.05) is 42.5 Å². The zero-order chi connectivity index (χ0) is 13.5. The highest BCUT2D eigenvalue weighted by atomic mass is 16.5. The molecule has 0 unspecified atom stereocenters. The quantitative estimate of drug-likeness (QED) is 0.833. The molecule has 0 heterocycles. The Morgan fingerprint density at radius 3 is 2.05 bits per heavy atom. The van der Waals surface area contributed by atoms with Crippen LogP contribution in [0.5, 0.6) is 5.75 Å². The molecule has 0 aliphatic heterocycles. The lowest BCUT2D eigenvalue weighted by Gasteiger charge is -2.13. The predicted molar refractivity (Wildman–Crippen MR) is 78.1 cm³/mol. The van der Waals surface area contributed by atoms with Crippen LogP contribution in [0.3, 0.4) is 0 Å². The second kappa shape index (κ2) is 6.92. The second-order valence-corrected chi connectivity index (χ2v) is 4.51. The SMILES string of the molecule is NCC(CN)c1ccc(OCc2ccccc2)cc1. The molecule has 0 saturated heterocycles.